The molecular formula is C9H15F4NO2. The van der Waals surface area contributed by atoms with E-state index in [0.29, 0.717) is 12.8 Å². The van der Waals surface area contributed by atoms with Gasteiger partial charge in [-0.05, 0) is 6.42 Å². The maximum absolute atomic E-state index is 12.6. The number of methoxy groups -OCH3 is 1. The fraction of sp³-hybridized carbons (Fsp3) is 0.889. The van der Waals surface area contributed by atoms with Crippen molar-refractivity contribution in [3.63, 3.8) is 0 Å². The number of hydrogen-bond donors (Lipinski definition) is 1. The predicted octanol–water partition coefficient (Wildman–Crippen LogP) is 1.82. The van der Waals surface area contributed by atoms with E-state index in [0.717, 1.165) is 0 Å². The largest absolute Gasteiger partial charge is 0.383 e. The highest BCUT2D eigenvalue weighted by Crippen LogP contribution is 2.23. The lowest BCUT2D eigenvalue weighted by Gasteiger charge is -2.21. The summed E-state index contributed by atoms with van der Waals surface area (Å²) in [7, 11) is 1.33. The van der Waals surface area contributed by atoms with Gasteiger partial charge in [0.2, 0.25) is 0 Å². The van der Waals surface area contributed by atoms with E-state index in [1.54, 1.807) is 6.92 Å². The van der Waals surface area contributed by atoms with Gasteiger partial charge in [-0.2, -0.15) is 8.78 Å². The van der Waals surface area contributed by atoms with Crippen LogP contribution in [0.4, 0.5) is 17.6 Å². The minimum absolute atomic E-state index is 0.0128. The van der Waals surface area contributed by atoms with Gasteiger partial charge in [-0.3, -0.25) is 4.79 Å². The van der Waals surface area contributed by atoms with Crippen molar-refractivity contribution in [3.8, 4) is 0 Å². The number of ether oxygens (including phenoxy) is 1. The Labute approximate surface area is 91.1 Å². The Bertz CT molecular complexity index is 218. The van der Waals surface area contributed by atoms with E-state index in [2.05, 4.69) is 4.74 Å². The quantitative estimate of drug-likeness (QED) is 0.695. The normalized spacial score (nSPS) is 13.9. The summed E-state index contributed by atoms with van der Waals surface area (Å²) < 4.78 is 53.5. The molecule has 0 bridgehead atoms. The van der Waals surface area contributed by atoms with Gasteiger partial charge in [0, 0.05) is 7.11 Å². The molecule has 1 atom stereocenters. The van der Waals surface area contributed by atoms with Crippen molar-refractivity contribution in [1.82, 2.24) is 5.32 Å². The van der Waals surface area contributed by atoms with Crippen LogP contribution < -0.4 is 5.32 Å². The van der Waals surface area contributed by atoms with Crippen LogP contribution in [0.15, 0.2) is 0 Å². The molecule has 0 radical (unpaired) electrons. The third kappa shape index (κ3) is 4.34. The summed E-state index contributed by atoms with van der Waals surface area (Å²) in [5, 5.41) is 1.85. The molecule has 0 spiro atoms. The molecule has 0 saturated carbocycles. The maximum Gasteiger partial charge on any atom is 0.383 e. The average molecular weight is 245 g/mol. The minimum Gasteiger partial charge on any atom is -0.383 e. The zero-order chi connectivity index (χ0) is 12.8. The van der Waals surface area contributed by atoms with Gasteiger partial charge in [0.1, 0.15) is 0 Å². The van der Waals surface area contributed by atoms with E-state index in [9.17, 15) is 22.4 Å². The molecule has 0 aromatic rings. The first-order valence-electron chi connectivity index (χ1n) is 4.82. The molecule has 0 aliphatic heterocycles. The van der Waals surface area contributed by atoms with Crippen molar-refractivity contribution in [3.05, 3.63) is 0 Å². The number of alkyl halides is 4. The molecule has 0 heterocycles. The summed E-state index contributed by atoms with van der Waals surface area (Å²) in [5.74, 6) is -6.61. The molecule has 0 aliphatic rings. The fourth-order valence-corrected chi connectivity index (χ4v) is 1.13. The van der Waals surface area contributed by atoms with Crippen molar-refractivity contribution in [2.24, 2.45) is 0 Å². The van der Waals surface area contributed by atoms with Gasteiger partial charge in [0.15, 0.2) is 0 Å². The maximum atomic E-state index is 12.6. The van der Waals surface area contributed by atoms with E-state index in [1.807, 2.05) is 5.32 Å². The van der Waals surface area contributed by atoms with Crippen LogP contribution in [0.25, 0.3) is 0 Å². The third-order valence-corrected chi connectivity index (χ3v) is 1.92. The number of amides is 1. The zero-order valence-electron chi connectivity index (χ0n) is 9.10. The van der Waals surface area contributed by atoms with E-state index in [1.165, 1.54) is 7.11 Å². The SMILES string of the molecule is CCCC(COC)NC(=O)C(F)(F)C(F)F. The molecule has 0 aromatic carbocycles. The molecular weight excluding hydrogens is 230 g/mol. The Morgan fingerprint density at radius 1 is 1.44 bits per heavy atom. The van der Waals surface area contributed by atoms with Crippen LogP contribution in [-0.2, 0) is 9.53 Å². The van der Waals surface area contributed by atoms with Gasteiger partial charge >= 0.3 is 12.3 Å². The second-order valence-corrected chi connectivity index (χ2v) is 3.34. The van der Waals surface area contributed by atoms with E-state index >= 15 is 0 Å². The number of hydrogen-bond acceptors (Lipinski definition) is 2. The van der Waals surface area contributed by atoms with Crippen LogP contribution in [0.5, 0.6) is 0 Å². The summed E-state index contributed by atoms with van der Waals surface area (Å²) in [5.41, 5.74) is 0. The Morgan fingerprint density at radius 2 is 2.00 bits per heavy atom. The predicted molar refractivity (Wildman–Crippen MR) is 49.7 cm³/mol. The highest BCUT2D eigenvalue weighted by molar-refractivity contribution is 5.84. The monoisotopic (exact) mass is 245 g/mol. The minimum atomic E-state index is -4.65. The van der Waals surface area contributed by atoms with Crippen LogP contribution in [0, 0.1) is 0 Å². The molecule has 3 nitrogen and oxygen atoms in total. The van der Waals surface area contributed by atoms with Crippen LogP contribution in [0.1, 0.15) is 19.8 Å². The number of carbonyl (C=O) groups is 1. The number of nitrogens with one attached hydrogen (secondary N) is 1. The highest BCUT2D eigenvalue weighted by atomic mass is 19.3. The average Bonchev–Trinajstić information content (AvgIpc) is 2.18. The Hall–Kier alpha value is -0.850. The summed E-state index contributed by atoms with van der Waals surface area (Å²) in [6.07, 6.45) is -3.00. The van der Waals surface area contributed by atoms with Crippen molar-refractivity contribution in [2.45, 2.75) is 38.2 Å². The smallest absolute Gasteiger partial charge is 0.383 e. The van der Waals surface area contributed by atoms with Gasteiger partial charge in [0.25, 0.3) is 5.91 Å². The van der Waals surface area contributed by atoms with Gasteiger partial charge < -0.3 is 10.1 Å². The molecule has 16 heavy (non-hydrogen) atoms. The van der Waals surface area contributed by atoms with E-state index in [4.69, 9.17) is 0 Å². The van der Waals surface area contributed by atoms with Crippen molar-refractivity contribution < 1.29 is 27.1 Å². The topological polar surface area (TPSA) is 38.3 Å². The van der Waals surface area contributed by atoms with E-state index < -0.39 is 24.3 Å². The molecule has 7 heteroatoms. The van der Waals surface area contributed by atoms with Crippen LogP contribution >= 0.6 is 0 Å². The van der Waals surface area contributed by atoms with Crippen molar-refractivity contribution >= 4 is 5.91 Å². The molecule has 0 aliphatic carbocycles. The summed E-state index contributed by atoms with van der Waals surface area (Å²) in [6.45, 7) is 1.79. The molecule has 1 unspecified atom stereocenters. The lowest BCUT2D eigenvalue weighted by atomic mass is 10.1. The molecule has 0 fully saturated rings. The van der Waals surface area contributed by atoms with Crippen molar-refractivity contribution in [1.29, 1.82) is 0 Å². The van der Waals surface area contributed by atoms with E-state index in [-0.39, 0.29) is 6.61 Å². The number of halogens is 4. The Morgan fingerprint density at radius 3 is 2.38 bits per heavy atom. The summed E-state index contributed by atoms with van der Waals surface area (Å²) in [6, 6.07) is -0.674. The second kappa shape index (κ2) is 6.67. The second-order valence-electron chi connectivity index (χ2n) is 3.34. The molecule has 1 N–H and O–H groups in total. The molecule has 0 saturated heterocycles. The third-order valence-electron chi connectivity index (χ3n) is 1.92. The molecule has 1 amide bonds. The van der Waals surface area contributed by atoms with Crippen LogP contribution in [-0.4, -0.2) is 38.0 Å². The Balaban J connectivity index is 4.38. The summed E-state index contributed by atoms with van der Waals surface area (Å²) in [4.78, 5) is 10.9. The highest BCUT2D eigenvalue weighted by Gasteiger charge is 2.49. The van der Waals surface area contributed by atoms with Gasteiger partial charge in [-0.25, -0.2) is 8.78 Å². The first-order chi connectivity index (χ1) is 7.36. The van der Waals surface area contributed by atoms with Crippen molar-refractivity contribution in [2.75, 3.05) is 13.7 Å². The summed E-state index contributed by atoms with van der Waals surface area (Å²) >= 11 is 0. The lowest BCUT2D eigenvalue weighted by Crippen LogP contribution is -2.50. The molecule has 0 aromatic heterocycles. The first kappa shape index (κ1) is 15.2. The van der Waals surface area contributed by atoms with Gasteiger partial charge in [-0.1, -0.05) is 13.3 Å². The zero-order valence-corrected chi connectivity index (χ0v) is 9.10. The fourth-order valence-electron chi connectivity index (χ4n) is 1.13. The van der Waals surface area contributed by atoms with Gasteiger partial charge in [0.05, 0.1) is 12.6 Å². The van der Waals surface area contributed by atoms with Gasteiger partial charge in [-0.15, -0.1) is 0 Å². The number of rotatable bonds is 7. The number of carbonyl (C=O) groups excluding carboxylic acids is 1. The standard InChI is InChI=1S/C9H15F4NO2/c1-3-4-6(5-16-2)14-8(15)9(12,13)7(10)11/h6-7H,3-5H2,1-2H3,(H,14,15). The first-order valence-corrected chi connectivity index (χ1v) is 4.82. The Kier molecular flexibility index (Phi) is 6.32. The molecule has 96 valence electrons. The van der Waals surface area contributed by atoms with Crippen LogP contribution in [0.3, 0.4) is 0 Å². The lowest BCUT2D eigenvalue weighted by molar-refractivity contribution is -0.170. The van der Waals surface area contributed by atoms with Crippen LogP contribution in [0.2, 0.25) is 0 Å². The molecule has 0 rings (SSSR count).